The van der Waals surface area contributed by atoms with Gasteiger partial charge >= 0.3 is 5.97 Å². The summed E-state index contributed by atoms with van der Waals surface area (Å²) < 4.78 is 10.2. The third-order valence-electron chi connectivity index (χ3n) is 5.21. The van der Waals surface area contributed by atoms with Crippen LogP contribution in [0.15, 0.2) is 54.6 Å². The number of amides is 3. The van der Waals surface area contributed by atoms with E-state index in [0.29, 0.717) is 18.8 Å². The van der Waals surface area contributed by atoms with E-state index in [4.69, 9.17) is 20.9 Å². The van der Waals surface area contributed by atoms with Gasteiger partial charge in [0.2, 0.25) is 17.7 Å². The van der Waals surface area contributed by atoms with Gasteiger partial charge in [0.1, 0.15) is 30.5 Å². The van der Waals surface area contributed by atoms with Gasteiger partial charge in [0.05, 0.1) is 7.11 Å². The number of carbonyl (C=O) groups is 4. The van der Waals surface area contributed by atoms with E-state index in [1.165, 1.54) is 20.1 Å². The summed E-state index contributed by atoms with van der Waals surface area (Å²) >= 11 is 0. The number of benzene rings is 1. The monoisotopic (exact) mass is 530 g/mol. The molecule has 0 bridgehead atoms. The zero-order chi connectivity index (χ0) is 28.5. The van der Waals surface area contributed by atoms with Gasteiger partial charge in [-0.15, -0.1) is 6.58 Å². The Hall–Kier alpha value is -4.35. The van der Waals surface area contributed by atoms with Crippen molar-refractivity contribution in [3.63, 3.8) is 0 Å². The average Bonchev–Trinajstić information content (AvgIpc) is 2.88. The fraction of sp³-hybridized carbons (Fsp3) is 0.423. The van der Waals surface area contributed by atoms with Crippen LogP contribution in [0.2, 0.25) is 0 Å². The highest BCUT2D eigenvalue weighted by atomic mass is 16.5. The summed E-state index contributed by atoms with van der Waals surface area (Å²) in [6.07, 6.45) is 3.91. The first-order chi connectivity index (χ1) is 18.1. The van der Waals surface area contributed by atoms with Gasteiger partial charge in [-0.1, -0.05) is 30.9 Å². The largest absolute Gasteiger partial charge is 0.490 e. The molecular formula is C26H38N6O6. The molecule has 1 rings (SSSR count). The number of nitrogens with zero attached hydrogens (tertiary/aromatic N) is 1. The summed E-state index contributed by atoms with van der Waals surface area (Å²) in [5.74, 6) is -1.72. The van der Waals surface area contributed by atoms with Gasteiger partial charge in [-0.25, -0.2) is 4.79 Å². The third-order valence-corrected chi connectivity index (χ3v) is 5.21. The molecule has 7 N–H and O–H groups in total. The third kappa shape index (κ3) is 12.1. The highest BCUT2D eigenvalue weighted by Crippen LogP contribution is 2.14. The van der Waals surface area contributed by atoms with E-state index in [1.54, 1.807) is 30.3 Å². The molecule has 12 nitrogen and oxygen atoms in total. The number of ether oxygens (including phenoxy) is 2. The molecule has 0 spiro atoms. The molecule has 1 aromatic rings. The maximum Gasteiger partial charge on any atom is 0.328 e. The summed E-state index contributed by atoms with van der Waals surface area (Å²) in [4.78, 5) is 54.1. The SMILES string of the molecule is C=CCOc1ccc(C[C@H](NC(C)=O)C(=O)N[C@H](CCCN=C(N)N)C(=O)N[C@H](CC=C)C(=O)OC)cc1. The summed E-state index contributed by atoms with van der Waals surface area (Å²) in [5.41, 5.74) is 11.5. The number of hydrogen-bond donors (Lipinski definition) is 5. The van der Waals surface area contributed by atoms with Crippen molar-refractivity contribution in [2.45, 2.75) is 50.7 Å². The lowest BCUT2D eigenvalue weighted by molar-refractivity contribution is -0.145. The second kappa shape index (κ2) is 17.2. The molecule has 0 saturated carbocycles. The van der Waals surface area contributed by atoms with Crippen LogP contribution in [0.3, 0.4) is 0 Å². The van der Waals surface area contributed by atoms with Gasteiger partial charge in [-0.3, -0.25) is 19.4 Å². The van der Waals surface area contributed by atoms with Crippen molar-refractivity contribution in [2.75, 3.05) is 20.3 Å². The molecule has 0 aliphatic rings. The van der Waals surface area contributed by atoms with Gasteiger partial charge in [-0.05, 0) is 37.0 Å². The van der Waals surface area contributed by atoms with E-state index >= 15 is 0 Å². The summed E-state index contributed by atoms with van der Waals surface area (Å²) in [6, 6.07) is 4.05. The van der Waals surface area contributed by atoms with Crippen LogP contribution < -0.4 is 32.2 Å². The van der Waals surface area contributed by atoms with E-state index in [0.717, 1.165) is 5.56 Å². The van der Waals surface area contributed by atoms with Crippen LogP contribution in [0.4, 0.5) is 0 Å². The zero-order valence-corrected chi connectivity index (χ0v) is 21.9. The Morgan fingerprint density at radius 2 is 1.61 bits per heavy atom. The van der Waals surface area contributed by atoms with Crippen LogP contribution in [0, 0.1) is 0 Å². The van der Waals surface area contributed by atoms with Crippen LogP contribution in [-0.4, -0.2) is 68.0 Å². The Morgan fingerprint density at radius 1 is 0.974 bits per heavy atom. The first kappa shape index (κ1) is 31.7. The van der Waals surface area contributed by atoms with Crippen LogP contribution in [-0.2, 0) is 30.3 Å². The Kier molecular flexibility index (Phi) is 14.3. The number of nitrogens with one attached hydrogen (secondary N) is 3. The molecular weight excluding hydrogens is 492 g/mol. The highest BCUT2D eigenvalue weighted by Gasteiger charge is 2.29. The Balaban J connectivity index is 3.06. The number of rotatable bonds is 17. The van der Waals surface area contributed by atoms with Crippen molar-refractivity contribution < 1.29 is 28.7 Å². The lowest BCUT2D eigenvalue weighted by Gasteiger charge is -2.24. The number of methoxy groups -OCH3 is 1. The van der Waals surface area contributed by atoms with Crippen LogP contribution >= 0.6 is 0 Å². The number of carbonyl (C=O) groups excluding carboxylic acids is 4. The van der Waals surface area contributed by atoms with Gasteiger partial charge in [0, 0.05) is 19.9 Å². The van der Waals surface area contributed by atoms with Gasteiger partial charge < -0.3 is 36.9 Å². The zero-order valence-electron chi connectivity index (χ0n) is 21.9. The van der Waals surface area contributed by atoms with Crippen LogP contribution in [0.1, 0.15) is 31.7 Å². The molecule has 208 valence electrons. The van der Waals surface area contributed by atoms with E-state index in [1.807, 2.05) is 0 Å². The van der Waals surface area contributed by atoms with Gasteiger partial charge in [0.25, 0.3) is 0 Å². The van der Waals surface area contributed by atoms with Crippen molar-refractivity contribution in [1.82, 2.24) is 16.0 Å². The van der Waals surface area contributed by atoms with E-state index in [-0.39, 0.29) is 31.8 Å². The van der Waals surface area contributed by atoms with Crippen molar-refractivity contribution in [3.8, 4) is 5.75 Å². The van der Waals surface area contributed by atoms with E-state index < -0.39 is 41.8 Å². The molecule has 0 unspecified atom stereocenters. The number of aliphatic imine (C=N–C) groups is 1. The fourth-order valence-corrected chi connectivity index (χ4v) is 3.41. The van der Waals surface area contributed by atoms with Crippen LogP contribution in [0.5, 0.6) is 5.75 Å². The smallest absolute Gasteiger partial charge is 0.328 e. The molecule has 3 amide bonds. The number of hydrogen-bond acceptors (Lipinski definition) is 7. The predicted octanol–water partition coefficient (Wildman–Crippen LogP) is 0.0709. The maximum absolute atomic E-state index is 13.2. The molecule has 38 heavy (non-hydrogen) atoms. The minimum absolute atomic E-state index is 0.0987. The second-order valence-corrected chi connectivity index (χ2v) is 8.32. The molecule has 0 saturated heterocycles. The molecule has 0 radical (unpaired) electrons. The predicted molar refractivity (Wildman–Crippen MR) is 144 cm³/mol. The van der Waals surface area contributed by atoms with E-state index in [9.17, 15) is 19.2 Å². The first-order valence-corrected chi connectivity index (χ1v) is 12.1. The van der Waals surface area contributed by atoms with E-state index in [2.05, 4.69) is 34.1 Å². The van der Waals surface area contributed by atoms with Crippen molar-refractivity contribution in [1.29, 1.82) is 0 Å². The first-order valence-electron chi connectivity index (χ1n) is 12.1. The topological polar surface area (TPSA) is 187 Å². The molecule has 1 aromatic carbocycles. The summed E-state index contributed by atoms with van der Waals surface area (Å²) in [5, 5.41) is 7.89. The fourth-order valence-electron chi connectivity index (χ4n) is 3.41. The maximum atomic E-state index is 13.2. The molecule has 0 aliphatic heterocycles. The Labute approximate surface area is 222 Å². The number of esters is 1. The molecule has 0 aromatic heterocycles. The van der Waals surface area contributed by atoms with Crippen molar-refractivity contribution >= 4 is 29.7 Å². The molecule has 0 aliphatic carbocycles. The highest BCUT2D eigenvalue weighted by molar-refractivity contribution is 5.93. The molecule has 0 heterocycles. The summed E-state index contributed by atoms with van der Waals surface area (Å²) in [7, 11) is 1.20. The lowest BCUT2D eigenvalue weighted by atomic mass is 10.0. The van der Waals surface area contributed by atoms with Crippen molar-refractivity contribution in [3.05, 3.63) is 55.1 Å². The molecule has 3 atom stereocenters. The van der Waals surface area contributed by atoms with Crippen molar-refractivity contribution in [2.24, 2.45) is 16.5 Å². The Morgan fingerprint density at radius 3 is 2.16 bits per heavy atom. The average molecular weight is 531 g/mol. The molecule has 0 fully saturated rings. The minimum atomic E-state index is -1.04. The van der Waals surface area contributed by atoms with Gasteiger partial charge in [0.15, 0.2) is 5.96 Å². The number of nitrogens with two attached hydrogens (primary N) is 2. The van der Waals surface area contributed by atoms with Gasteiger partial charge in [-0.2, -0.15) is 0 Å². The second-order valence-electron chi connectivity index (χ2n) is 8.32. The molecule has 12 heteroatoms. The Bertz CT molecular complexity index is 990. The number of guanidine groups is 1. The minimum Gasteiger partial charge on any atom is -0.490 e. The summed E-state index contributed by atoms with van der Waals surface area (Å²) in [6.45, 7) is 9.06. The normalized spacial score (nSPS) is 12.6. The quantitative estimate of drug-likeness (QED) is 0.0615. The standard InChI is InChI=1S/C26H38N6O6/c1-5-8-21(25(36)37-4)32-23(34)20(9-7-14-29-26(27)28)31-24(35)22(30-17(3)33)16-18-10-12-19(13-11-18)38-15-6-2/h5-6,10-13,20-22H,1-2,7-9,14-16H2,3-4H3,(H,30,33)(H,31,35)(H,32,34)(H4,27,28,29)/t20-,21-,22+/m1/s1. The lowest BCUT2D eigenvalue weighted by Crippen LogP contribution is -2.56. The van der Waals surface area contributed by atoms with Crippen LogP contribution in [0.25, 0.3) is 0 Å².